The summed E-state index contributed by atoms with van der Waals surface area (Å²) >= 11 is 0. The molecule has 1 aromatic heterocycles. The van der Waals surface area contributed by atoms with E-state index >= 15 is 0 Å². The lowest BCUT2D eigenvalue weighted by Gasteiger charge is -2.24. The molecule has 1 aromatic rings. The Labute approximate surface area is 127 Å². The lowest BCUT2D eigenvalue weighted by molar-refractivity contribution is -0.154. The van der Waals surface area contributed by atoms with Crippen LogP contribution < -0.4 is 4.74 Å². The summed E-state index contributed by atoms with van der Waals surface area (Å²) in [5.74, 6) is -0.146. The normalized spacial score (nSPS) is 12.0. The molecular weight excluding hydrogens is 301 g/mol. The molecule has 22 heavy (non-hydrogen) atoms. The van der Waals surface area contributed by atoms with Crippen LogP contribution in [0.25, 0.3) is 0 Å². The van der Waals surface area contributed by atoms with Crippen LogP contribution in [0.4, 0.5) is 18.0 Å². The highest BCUT2D eigenvalue weighted by Gasteiger charge is 2.28. The van der Waals surface area contributed by atoms with Gasteiger partial charge in [-0.1, -0.05) is 0 Å². The van der Waals surface area contributed by atoms with Gasteiger partial charge in [-0.25, -0.2) is 9.78 Å². The van der Waals surface area contributed by atoms with Gasteiger partial charge in [0.1, 0.15) is 5.60 Å². The summed E-state index contributed by atoms with van der Waals surface area (Å²) in [5, 5.41) is 0. The standard InChI is InChI=1S/C14H19F3N2O3/c1-13(2,3)22-12(20)19(4)8-10-5-6-18-11(7-10)21-9-14(15,16)17/h5-7H,8-9H2,1-4H3. The average molecular weight is 320 g/mol. The SMILES string of the molecule is CN(Cc1ccnc(OCC(F)(F)F)c1)C(=O)OC(C)(C)C. The number of alkyl halides is 3. The van der Waals surface area contributed by atoms with Gasteiger partial charge in [-0.3, -0.25) is 0 Å². The molecule has 0 N–H and O–H groups in total. The highest BCUT2D eigenvalue weighted by atomic mass is 19.4. The zero-order chi connectivity index (χ0) is 17.0. The Morgan fingerprint density at radius 3 is 2.50 bits per heavy atom. The Bertz CT molecular complexity index is 513. The van der Waals surface area contributed by atoms with Crippen LogP contribution in [0.15, 0.2) is 18.3 Å². The van der Waals surface area contributed by atoms with Gasteiger partial charge in [0.05, 0.1) is 0 Å². The third kappa shape index (κ3) is 7.14. The molecule has 0 spiro atoms. The molecule has 0 saturated heterocycles. The summed E-state index contributed by atoms with van der Waals surface area (Å²) in [6.45, 7) is 3.99. The largest absolute Gasteiger partial charge is 0.468 e. The van der Waals surface area contributed by atoms with E-state index < -0.39 is 24.5 Å². The first-order chi connectivity index (χ1) is 9.96. The van der Waals surface area contributed by atoms with E-state index in [-0.39, 0.29) is 12.4 Å². The number of ether oxygens (including phenoxy) is 2. The Hall–Kier alpha value is -1.99. The summed E-state index contributed by atoms with van der Waals surface area (Å²) < 4.78 is 46.0. The van der Waals surface area contributed by atoms with Crippen LogP contribution in [0.5, 0.6) is 5.88 Å². The van der Waals surface area contributed by atoms with Crippen molar-refractivity contribution in [2.75, 3.05) is 13.7 Å². The molecule has 0 saturated carbocycles. The van der Waals surface area contributed by atoms with E-state index in [4.69, 9.17) is 4.74 Å². The fourth-order valence-electron chi connectivity index (χ4n) is 1.46. The first-order valence-electron chi connectivity index (χ1n) is 6.55. The summed E-state index contributed by atoms with van der Waals surface area (Å²) in [4.78, 5) is 16.8. The molecule has 1 heterocycles. The molecule has 0 aliphatic carbocycles. The molecule has 8 heteroatoms. The number of hydrogen-bond donors (Lipinski definition) is 0. The van der Waals surface area contributed by atoms with E-state index in [1.165, 1.54) is 24.2 Å². The lowest BCUT2D eigenvalue weighted by Crippen LogP contribution is -2.33. The number of carbonyl (C=O) groups is 1. The Balaban J connectivity index is 2.64. The third-order valence-electron chi connectivity index (χ3n) is 2.31. The van der Waals surface area contributed by atoms with Crippen LogP contribution in [-0.4, -0.2) is 41.4 Å². The van der Waals surface area contributed by atoms with Crippen LogP contribution in [0.2, 0.25) is 0 Å². The fraction of sp³-hybridized carbons (Fsp3) is 0.571. The highest BCUT2D eigenvalue weighted by molar-refractivity contribution is 5.67. The van der Waals surface area contributed by atoms with Gasteiger partial charge in [0.15, 0.2) is 6.61 Å². The molecule has 124 valence electrons. The van der Waals surface area contributed by atoms with Crippen molar-refractivity contribution in [3.63, 3.8) is 0 Å². The minimum absolute atomic E-state index is 0.146. The Morgan fingerprint density at radius 2 is 1.95 bits per heavy atom. The van der Waals surface area contributed by atoms with Gasteiger partial charge in [-0.05, 0) is 32.4 Å². The van der Waals surface area contributed by atoms with Crippen molar-refractivity contribution in [2.45, 2.75) is 39.1 Å². The second kappa shape index (κ2) is 6.85. The number of halogens is 3. The van der Waals surface area contributed by atoms with E-state index in [2.05, 4.69) is 9.72 Å². The Kier molecular flexibility index (Phi) is 5.62. The fourth-order valence-corrected chi connectivity index (χ4v) is 1.46. The molecule has 0 atom stereocenters. The van der Waals surface area contributed by atoms with Crippen LogP contribution in [0.3, 0.4) is 0 Å². The van der Waals surface area contributed by atoms with Crippen molar-refractivity contribution in [3.8, 4) is 5.88 Å². The number of hydrogen-bond acceptors (Lipinski definition) is 4. The van der Waals surface area contributed by atoms with E-state index in [0.29, 0.717) is 5.56 Å². The van der Waals surface area contributed by atoms with Gasteiger partial charge in [-0.15, -0.1) is 0 Å². The van der Waals surface area contributed by atoms with Gasteiger partial charge >= 0.3 is 12.3 Å². The van der Waals surface area contributed by atoms with Crippen molar-refractivity contribution in [2.24, 2.45) is 0 Å². The summed E-state index contributed by atoms with van der Waals surface area (Å²) in [6.07, 6.45) is -3.63. The molecule has 0 radical (unpaired) electrons. The van der Waals surface area contributed by atoms with Gasteiger partial charge in [0.2, 0.25) is 5.88 Å². The highest BCUT2D eigenvalue weighted by Crippen LogP contribution is 2.18. The molecule has 1 rings (SSSR count). The van der Waals surface area contributed by atoms with Gasteiger partial charge < -0.3 is 14.4 Å². The smallest absolute Gasteiger partial charge is 0.422 e. The van der Waals surface area contributed by atoms with Crippen molar-refractivity contribution < 1.29 is 27.4 Å². The molecule has 0 aliphatic rings. The van der Waals surface area contributed by atoms with E-state index in [1.807, 2.05) is 0 Å². The number of carbonyl (C=O) groups excluding carboxylic acids is 1. The zero-order valence-corrected chi connectivity index (χ0v) is 12.9. The van der Waals surface area contributed by atoms with Crippen LogP contribution in [-0.2, 0) is 11.3 Å². The number of rotatable bonds is 4. The monoisotopic (exact) mass is 320 g/mol. The predicted octanol–water partition coefficient (Wildman–Crippen LogP) is 3.39. The first kappa shape index (κ1) is 18.1. The van der Waals surface area contributed by atoms with Gasteiger partial charge in [0, 0.05) is 25.9 Å². The van der Waals surface area contributed by atoms with E-state index in [1.54, 1.807) is 26.8 Å². The number of amides is 1. The minimum Gasteiger partial charge on any atom is -0.468 e. The molecule has 0 bridgehead atoms. The second-order valence-electron chi connectivity index (χ2n) is 5.74. The van der Waals surface area contributed by atoms with Crippen molar-refractivity contribution in [3.05, 3.63) is 23.9 Å². The molecule has 0 fully saturated rings. The Morgan fingerprint density at radius 1 is 1.32 bits per heavy atom. The number of pyridine rings is 1. The average Bonchev–Trinajstić information content (AvgIpc) is 2.34. The maximum atomic E-state index is 12.1. The van der Waals surface area contributed by atoms with E-state index in [9.17, 15) is 18.0 Å². The molecule has 0 aliphatic heterocycles. The van der Waals surface area contributed by atoms with Crippen molar-refractivity contribution in [1.29, 1.82) is 0 Å². The molecular formula is C14H19F3N2O3. The van der Waals surface area contributed by atoms with Crippen LogP contribution in [0.1, 0.15) is 26.3 Å². The molecule has 0 unspecified atom stereocenters. The minimum atomic E-state index is -4.43. The summed E-state index contributed by atoms with van der Waals surface area (Å²) in [7, 11) is 1.53. The van der Waals surface area contributed by atoms with E-state index in [0.717, 1.165) is 0 Å². The van der Waals surface area contributed by atoms with Crippen molar-refractivity contribution in [1.82, 2.24) is 9.88 Å². The maximum Gasteiger partial charge on any atom is 0.422 e. The topological polar surface area (TPSA) is 51.7 Å². The molecule has 0 aromatic carbocycles. The quantitative estimate of drug-likeness (QED) is 0.853. The molecule has 5 nitrogen and oxygen atoms in total. The lowest BCUT2D eigenvalue weighted by atomic mass is 10.2. The number of aromatic nitrogens is 1. The summed E-state index contributed by atoms with van der Waals surface area (Å²) in [6, 6.07) is 2.94. The van der Waals surface area contributed by atoms with Gasteiger partial charge in [0.25, 0.3) is 0 Å². The summed E-state index contributed by atoms with van der Waals surface area (Å²) in [5.41, 5.74) is -0.0366. The molecule has 1 amide bonds. The maximum absolute atomic E-state index is 12.1. The van der Waals surface area contributed by atoms with Crippen LogP contribution >= 0.6 is 0 Å². The van der Waals surface area contributed by atoms with Crippen molar-refractivity contribution >= 4 is 6.09 Å². The van der Waals surface area contributed by atoms with Crippen LogP contribution in [0, 0.1) is 0 Å². The van der Waals surface area contributed by atoms with Gasteiger partial charge in [-0.2, -0.15) is 13.2 Å². The predicted molar refractivity (Wildman–Crippen MR) is 73.5 cm³/mol. The number of nitrogens with zero attached hydrogens (tertiary/aromatic N) is 2. The third-order valence-corrected chi connectivity index (χ3v) is 2.31. The second-order valence-corrected chi connectivity index (χ2v) is 5.74. The zero-order valence-electron chi connectivity index (χ0n) is 12.9. The first-order valence-corrected chi connectivity index (χ1v) is 6.55.